The molecule has 0 unspecified atom stereocenters. The van der Waals surface area contributed by atoms with Crippen molar-refractivity contribution in [2.75, 3.05) is 13.7 Å². The summed E-state index contributed by atoms with van der Waals surface area (Å²) in [6.07, 6.45) is 0. The first-order chi connectivity index (χ1) is 19.0. The number of halogens is 1. The van der Waals surface area contributed by atoms with E-state index in [-0.39, 0.29) is 6.73 Å². The van der Waals surface area contributed by atoms with Crippen molar-refractivity contribution in [3.63, 3.8) is 0 Å². The lowest BCUT2D eigenvalue weighted by Crippen LogP contribution is -2.22. The second-order valence-electron chi connectivity index (χ2n) is 11.3. The molecule has 0 amide bonds. The molecule has 0 aliphatic rings. The van der Waals surface area contributed by atoms with Gasteiger partial charge in [0.2, 0.25) is 0 Å². The van der Waals surface area contributed by atoms with Crippen LogP contribution in [0.2, 0.25) is 30.7 Å². The lowest BCUT2D eigenvalue weighted by Gasteiger charge is -2.16. The minimum Gasteiger partial charge on any atom is -0.465 e. The van der Waals surface area contributed by atoms with Crippen molar-refractivity contribution in [1.82, 2.24) is 14.5 Å². The molecular weight excluding hydrogens is 542 g/mol. The Morgan fingerprint density at radius 3 is 2.60 bits per heavy atom. The summed E-state index contributed by atoms with van der Waals surface area (Å²) >= 11 is 6.87. The van der Waals surface area contributed by atoms with E-state index in [1.807, 2.05) is 42.7 Å². The van der Waals surface area contributed by atoms with Crippen molar-refractivity contribution in [1.29, 1.82) is 0 Å². The van der Waals surface area contributed by atoms with E-state index >= 15 is 0 Å². The number of aromatic nitrogens is 3. The third-order valence-corrected chi connectivity index (χ3v) is 8.93. The molecule has 9 heteroatoms. The maximum atomic E-state index is 12.3. The number of aromatic amines is 1. The number of benzene rings is 3. The Morgan fingerprint density at radius 1 is 1.05 bits per heavy atom. The molecule has 208 valence electrons. The zero-order chi connectivity index (χ0) is 28.6. The summed E-state index contributed by atoms with van der Waals surface area (Å²) in [4.78, 5) is 20.5. The average molecular weight is 576 g/mol. The molecule has 3 aromatic carbocycles. The quantitative estimate of drug-likeness (QED) is 0.108. The number of carbonyl (C=O) groups excluding carboxylic acids is 1. The van der Waals surface area contributed by atoms with E-state index in [0.29, 0.717) is 29.0 Å². The maximum Gasteiger partial charge on any atom is 0.338 e. The van der Waals surface area contributed by atoms with Crippen molar-refractivity contribution < 1.29 is 19.0 Å². The van der Waals surface area contributed by atoms with Gasteiger partial charge in [-0.1, -0.05) is 43.4 Å². The summed E-state index contributed by atoms with van der Waals surface area (Å²) in [6.45, 7) is 11.8. The Bertz CT molecular complexity index is 1720. The monoisotopic (exact) mass is 575 g/mol. The van der Waals surface area contributed by atoms with Crippen LogP contribution in [-0.2, 0) is 16.2 Å². The summed E-state index contributed by atoms with van der Waals surface area (Å²) in [6, 6.07) is 19.0. The Balaban J connectivity index is 1.55. The zero-order valence-electron chi connectivity index (χ0n) is 23.7. The fourth-order valence-electron chi connectivity index (χ4n) is 4.63. The lowest BCUT2D eigenvalue weighted by atomic mass is 10.0. The molecule has 2 aromatic heterocycles. The van der Waals surface area contributed by atoms with Crippen LogP contribution in [0, 0.1) is 13.8 Å². The number of hydrogen-bond donors (Lipinski definition) is 1. The van der Waals surface area contributed by atoms with E-state index < -0.39 is 14.0 Å². The number of nitrogens with zero attached hydrogens (tertiary/aromatic N) is 2. The summed E-state index contributed by atoms with van der Waals surface area (Å²) < 4.78 is 19.2. The molecule has 7 nitrogen and oxygen atoms in total. The normalized spacial score (nSPS) is 11.9. The predicted molar refractivity (Wildman–Crippen MR) is 163 cm³/mol. The minimum absolute atomic E-state index is 0.260. The Labute approximate surface area is 240 Å². The van der Waals surface area contributed by atoms with E-state index in [9.17, 15) is 4.79 Å². The molecule has 0 aliphatic carbocycles. The van der Waals surface area contributed by atoms with E-state index in [1.54, 1.807) is 6.07 Å². The molecule has 2 heterocycles. The summed E-state index contributed by atoms with van der Waals surface area (Å²) in [7, 11) is 0.110. The first kappa shape index (κ1) is 28.0. The highest BCUT2D eigenvalue weighted by molar-refractivity contribution is 6.76. The van der Waals surface area contributed by atoms with Crippen LogP contribution in [0.4, 0.5) is 0 Å². The maximum absolute atomic E-state index is 12.3. The van der Waals surface area contributed by atoms with Crippen LogP contribution in [0.3, 0.4) is 0 Å². The lowest BCUT2D eigenvalue weighted by molar-refractivity contribution is 0.0599. The first-order valence-corrected chi connectivity index (χ1v) is 17.3. The van der Waals surface area contributed by atoms with Crippen LogP contribution in [0.25, 0.3) is 33.1 Å². The molecule has 0 saturated carbocycles. The third kappa shape index (κ3) is 5.94. The van der Waals surface area contributed by atoms with Crippen LogP contribution in [0.15, 0.2) is 54.6 Å². The molecule has 40 heavy (non-hydrogen) atoms. The van der Waals surface area contributed by atoms with Crippen molar-refractivity contribution in [3.05, 3.63) is 76.4 Å². The summed E-state index contributed by atoms with van der Waals surface area (Å²) in [5, 5.41) is 1.73. The van der Waals surface area contributed by atoms with Crippen LogP contribution in [0.5, 0.6) is 11.8 Å². The Kier molecular flexibility index (Phi) is 7.77. The number of imidazole rings is 1. The molecule has 0 radical (unpaired) electrons. The van der Waals surface area contributed by atoms with Crippen molar-refractivity contribution in [3.8, 4) is 22.9 Å². The smallest absolute Gasteiger partial charge is 0.338 e. The zero-order valence-corrected chi connectivity index (χ0v) is 25.5. The molecule has 0 spiro atoms. The number of H-pyrrole nitrogens is 1. The summed E-state index contributed by atoms with van der Waals surface area (Å²) in [5.74, 6) is 0.0568. The number of aryl methyl sites for hydroxylation is 2. The third-order valence-electron chi connectivity index (χ3n) is 6.91. The highest BCUT2D eigenvalue weighted by Crippen LogP contribution is 2.36. The number of carbonyl (C=O) groups is 1. The van der Waals surface area contributed by atoms with Crippen LogP contribution in [0.1, 0.15) is 21.6 Å². The topological polar surface area (TPSA) is 78.4 Å². The van der Waals surface area contributed by atoms with Gasteiger partial charge in [-0.2, -0.15) is 4.98 Å². The highest BCUT2D eigenvalue weighted by atomic mass is 35.5. The van der Waals surface area contributed by atoms with Crippen LogP contribution < -0.4 is 4.74 Å². The largest absolute Gasteiger partial charge is 0.465 e. The Morgan fingerprint density at radius 2 is 1.85 bits per heavy atom. The number of ether oxygens (including phenoxy) is 3. The van der Waals surface area contributed by atoms with Gasteiger partial charge < -0.3 is 19.2 Å². The van der Waals surface area contributed by atoms with E-state index in [4.69, 9.17) is 30.8 Å². The molecule has 0 aliphatic heterocycles. The van der Waals surface area contributed by atoms with Gasteiger partial charge in [-0.25, -0.2) is 4.79 Å². The van der Waals surface area contributed by atoms with Gasteiger partial charge in [0.15, 0.2) is 0 Å². The molecule has 0 fully saturated rings. The standard InChI is InChI=1S/C31H34ClN3O4Si/c1-19-7-9-23(15-24(19)30(36)37-3)39-31-34-28-16-25(21-8-10-27-22(14-21)13-20(2)33-27)26(32)17-29(28)35(31)18-38-11-12-40(4,5)6/h7-10,13-17,33H,11-12,18H2,1-6H3. The van der Waals surface area contributed by atoms with E-state index in [0.717, 1.165) is 50.4 Å². The molecule has 5 aromatic rings. The van der Waals surface area contributed by atoms with Gasteiger partial charge in [0.25, 0.3) is 0 Å². The Hall–Kier alpha value is -3.59. The predicted octanol–water partition coefficient (Wildman–Crippen LogP) is 8.35. The van der Waals surface area contributed by atoms with Crippen LogP contribution >= 0.6 is 11.6 Å². The highest BCUT2D eigenvalue weighted by Gasteiger charge is 2.19. The van der Waals surface area contributed by atoms with E-state index in [2.05, 4.69) is 48.9 Å². The minimum atomic E-state index is -1.25. The molecule has 1 N–H and O–H groups in total. The molecule has 0 saturated heterocycles. The first-order valence-electron chi connectivity index (χ1n) is 13.3. The van der Waals surface area contributed by atoms with Gasteiger partial charge in [0.05, 0.1) is 28.7 Å². The second-order valence-corrected chi connectivity index (χ2v) is 17.3. The van der Waals surface area contributed by atoms with Crippen molar-refractivity contribution in [2.24, 2.45) is 0 Å². The molecular formula is C31H34ClN3O4Si. The fraction of sp³-hybridized carbons (Fsp3) is 0.290. The molecule has 5 rings (SSSR count). The molecule has 0 atom stereocenters. The van der Waals surface area contributed by atoms with Crippen molar-refractivity contribution >= 4 is 47.6 Å². The SMILES string of the molecule is COC(=O)c1cc(Oc2nc3cc(-c4ccc5[nH]c(C)cc5c4)c(Cl)cc3n2COCC[Si](C)(C)C)ccc1C. The number of fused-ring (bicyclic) bond motifs is 2. The number of rotatable bonds is 9. The molecule has 0 bridgehead atoms. The van der Waals surface area contributed by atoms with Crippen LogP contribution in [-0.4, -0.2) is 42.3 Å². The number of methoxy groups -OCH3 is 1. The van der Waals surface area contributed by atoms with Crippen molar-refractivity contribution in [2.45, 2.75) is 46.3 Å². The van der Waals surface area contributed by atoms with Gasteiger partial charge in [-0.15, -0.1) is 0 Å². The van der Waals surface area contributed by atoms with Gasteiger partial charge in [0.1, 0.15) is 12.5 Å². The van der Waals surface area contributed by atoms with Gasteiger partial charge >= 0.3 is 12.0 Å². The van der Waals surface area contributed by atoms with Gasteiger partial charge in [-0.05, 0) is 73.5 Å². The number of nitrogens with one attached hydrogen (secondary N) is 1. The van der Waals surface area contributed by atoms with E-state index in [1.165, 1.54) is 7.11 Å². The number of hydrogen-bond acceptors (Lipinski definition) is 5. The van der Waals surface area contributed by atoms with Gasteiger partial charge in [0, 0.05) is 36.8 Å². The number of esters is 1. The fourth-order valence-corrected chi connectivity index (χ4v) is 5.65. The second kappa shape index (κ2) is 11.1. The summed E-state index contributed by atoms with van der Waals surface area (Å²) in [5.41, 5.74) is 6.85. The van der Waals surface area contributed by atoms with Gasteiger partial charge in [-0.3, -0.25) is 4.57 Å². The average Bonchev–Trinajstić information content (AvgIpc) is 3.44.